The highest BCUT2D eigenvalue weighted by Crippen LogP contribution is 2.33. The minimum absolute atomic E-state index is 0.172. The van der Waals surface area contributed by atoms with Crippen LogP contribution in [-0.2, 0) is 11.2 Å². The highest BCUT2D eigenvalue weighted by Gasteiger charge is 2.24. The lowest BCUT2D eigenvalue weighted by Crippen LogP contribution is -2.36. The fourth-order valence-corrected chi connectivity index (χ4v) is 4.88. The average Bonchev–Trinajstić information content (AvgIpc) is 2.85. The van der Waals surface area contributed by atoms with E-state index in [9.17, 15) is 0 Å². The second-order valence-corrected chi connectivity index (χ2v) is 9.26. The van der Waals surface area contributed by atoms with Gasteiger partial charge in [0.05, 0.1) is 24.8 Å². The molecule has 3 aromatic rings. The zero-order valence-electron chi connectivity index (χ0n) is 20.2. The zero-order valence-corrected chi connectivity index (χ0v) is 20.2. The van der Waals surface area contributed by atoms with Gasteiger partial charge < -0.3 is 19.7 Å². The molecule has 34 heavy (non-hydrogen) atoms. The first kappa shape index (κ1) is 22.8. The molecule has 0 radical (unpaired) electrons. The highest BCUT2D eigenvalue weighted by atomic mass is 16.5. The summed E-state index contributed by atoms with van der Waals surface area (Å²) in [5.74, 6) is 2.70. The number of rotatable bonds is 7. The Morgan fingerprint density at radius 1 is 1.03 bits per heavy atom. The minimum Gasteiger partial charge on any atom is -0.488 e. The van der Waals surface area contributed by atoms with Crippen molar-refractivity contribution in [3.05, 3.63) is 42.1 Å². The van der Waals surface area contributed by atoms with E-state index >= 15 is 0 Å². The standard InChI is InChI=1S/C26H34N6O2/c1-3-4-24-29-18(2)15-25(31-24)30-19-5-7-21(8-6-19)34-23-17-20(32-11-13-33-14-12-32)16-22-26(23)28-10-9-27-22/h9-10,15-17,19,21H,3-8,11-14H2,1-2H3,(H,29,30,31)/t19-,21+. The molecule has 2 fully saturated rings. The van der Waals surface area contributed by atoms with E-state index in [4.69, 9.17) is 14.5 Å². The molecule has 0 bridgehead atoms. The Hall–Kier alpha value is -3.00. The molecule has 5 rings (SSSR count). The van der Waals surface area contributed by atoms with Crippen LogP contribution in [0.1, 0.15) is 50.5 Å². The number of nitrogens with one attached hydrogen (secondary N) is 1. The summed E-state index contributed by atoms with van der Waals surface area (Å²) >= 11 is 0. The number of nitrogens with zero attached hydrogens (tertiary/aromatic N) is 5. The molecular formula is C26H34N6O2. The van der Waals surface area contributed by atoms with Crippen LogP contribution in [0.15, 0.2) is 30.6 Å². The Bertz CT molecular complexity index is 1110. The fourth-order valence-electron chi connectivity index (χ4n) is 4.88. The molecule has 8 heteroatoms. The van der Waals surface area contributed by atoms with E-state index in [1.807, 2.05) is 13.0 Å². The van der Waals surface area contributed by atoms with E-state index in [1.165, 1.54) is 0 Å². The molecule has 1 aliphatic carbocycles. The quantitative estimate of drug-likeness (QED) is 0.556. The Morgan fingerprint density at radius 3 is 2.62 bits per heavy atom. The summed E-state index contributed by atoms with van der Waals surface area (Å²) in [7, 11) is 0. The molecule has 8 nitrogen and oxygen atoms in total. The maximum Gasteiger partial charge on any atom is 0.149 e. The van der Waals surface area contributed by atoms with Crippen molar-refractivity contribution in [3.8, 4) is 5.75 Å². The summed E-state index contributed by atoms with van der Waals surface area (Å²) in [6.45, 7) is 7.45. The van der Waals surface area contributed by atoms with Crippen LogP contribution in [0.2, 0.25) is 0 Å². The summed E-state index contributed by atoms with van der Waals surface area (Å²) < 4.78 is 12.1. The summed E-state index contributed by atoms with van der Waals surface area (Å²) in [6.07, 6.45) is 9.70. The Kier molecular flexibility index (Phi) is 7.04. The van der Waals surface area contributed by atoms with Gasteiger partial charge in [-0.2, -0.15) is 0 Å². The average molecular weight is 463 g/mol. The maximum atomic E-state index is 6.55. The molecule has 2 aromatic heterocycles. The first-order valence-electron chi connectivity index (χ1n) is 12.5. The molecule has 1 aliphatic heterocycles. The van der Waals surface area contributed by atoms with Crippen molar-refractivity contribution in [2.75, 3.05) is 36.5 Å². The van der Waals surface area contributed by atoms with E-state index < -0.39 is 0 Å². The number of aromatic nitrogens is 4. The van der Waals surface area contributed by atoms with Crippen LogP contribution in [0.5, 0.6) is 5.75 Å². The van der Waals surface area contributed by atoms with Gasteiger partial charge in [0.15, 0.2) is 0 Å². The van der Waals surface area contributed by atoms with Crippen LogP contribution in [0, 0.1) is 6.92 Å². The lowest BCUT2D eigenvalue weighted by atomic mass is 9.93. The van der Waals surface area contributed by atoms with Crippen molar-refractivity contribution in [1.29, 1.82) is 0 Å². The third kappa shape index (κ3) is 5.38. The summed E-state index contributed by atoms with van der Waals surface area (Å²) in [4.78, 5) is 20.7. The van der Waals surface area contributed by atoms with Crippen molar-refractivity contribution in [3.63, 3.8) is 0 Å². The highest BCUT2D eigenvalue weighted by molar-refractivity contribution is 5.85. The van der Waals surface area contributed by atoms with Crippen LogP contribution in [0.4, 0.5) is 11.5 Å². The van der Waals surface area contributed by atoms with Crippen LogP contribution in [0.3, 0.4) is 0 Å². The van der Waals surface area contributed by atoms with Crippen LogP contribution >= 0.6 is 0 Å². The Balaban J connectivity index is 1.25. The monoisotopic (exact) mass is 462 g/mol. The first-order valence-corrected chi connectivity index (χ1v) is 12.5. The molecule has 0 unspecified atom stereocenters. The van der Waals surface area contributed by atoms with Gasteiger partial charge in [-0.1, -0.05) is 6.92 Å². The number of fused-ring (bicyclic) bond motifs is 1. The minimum atomic E-state index is 0.172. The summed E-state index contributed by atoms with van der Waals surface area (Å²) in [6, 6.07) is 6.69. The molecule has 0 atom stereocenters. The summed E-state index contributed by atoms with van der Waals surface area (Å²) in [5, 5.41) is 3.64. The molecule has 1 aromatic carbocycles. The van der Waals surface area contributed by atoms with Crippen molar-refractivity contribution < 1.29 is 9.47 Å². The summed E-state index contributed by atoms with van der Waals surface area (Å²) in [5.41, 5.74) is 3.85. The van der Waals surface area contributed by atoms with Crippen LogP contribution < -0.4 is 15.0 Å². The molecule has 0 spiro atoms. The van der Waals surface area contributed by atoms with Crippen LogP contribution in [0.25, 0.3) is 11.0 Å². The second kappa shape index (κ2) is 10.5. The number of hydrogen-bond acceptors (Lipinski definition) is 8. The van der Waals surface area contributed by atoms with Gasteiger partial charge in [0.1, 0.15) is 22.9 Å². The third-order valence-electron chi connectivity index (χ3n) is 6.59. The SMILES string of the molecule is CCCc1nc(C)cc(N[C@H]2CC[C@@H](Oc3cc(N4CCOCC4)cc4nccnc34)CC2)n1. The van der Waals surface area contributed by atoms with E-state index in [-0.39, 0.29) is 6.10 Å². The van der Waals surface area contributed by atoms with E-state index in [1.54, 1.807) is 12.4 Å². The third-order valence-corrected chi connectivity index (χ3v) is 6.59. The van der Waals surface area contributed by atoms with Gasteiger partial charge in [0, 0.05) is 61.5 Å². The fraction of sp³-hybridized carbons (Fsp3) is 0.538. The van der Waals surface area contributed by atoms with Crippen molar-refractivity contribution in [1.82, 2.24) is 19.9 Å². The lowest BCUT2D eigenvalue weighted by Gasteiger charge is -2.31. The topological polar surface area (TPSA) is 85.3 Å². The number of ether oxygens (including phenoxy) is 2. The van der Waals surface area contributed by atoms with Gasteiger partial charge >= 0.3 is 0 Å². The van der Waals surface area contributed by atoms with Gasteiger partial charge in [-0.05, 0) is 45.1 Å². The first-order chi connectivity index (χ1) is 16.7. The number of hydrogen-bond donors (Lipinski definition) is 1. The van der Waals surface area contributed by atoms with Crippen LogP contribution in [-0.4, -0.2) is 58.4 Å². The van der Waals surface area contributed by atoms with Gasteiger partial charge in [-0.25, -0.2) is 15.0 Å². The molecule has 1 saturated carbocycles. The van der Waals surface area contributed by atoms with Gasteiger partial charge in [-0.3, -0.25) is 4.98 Å². The molecule has 1 saturated heterocycles. The molecular weight excluding hydrogens is 428 g/mol. The largest absolute Gasteiger partial charge is 0.488 e. The maximum absolute atomic E-state index is 6.55. The normalized spacial score (nSPS) is 20.9. The van der Waals surface area contributed by atoms with Crippen molar-refractivity contribution in [2.45, 2.75) is 64.5 Å². The van der Waals surface area contributed by atoms with E-state index in [0.29, 0.717) is 6.04 Å². The molecule has 1 N–H and O–H groups in total. The Labute approximate surface area is 201 Å². The van der Waals surface area contributed by atoms with Gasteiger partial charge in [0.2, 0.25) is 0 Å². The molecule has 3 heterocycles. The van der Waals surface area contributed by atoms with Crippen molar-refractivity contribution >= 4 is 22.5 Å². The lowest BCUT2D eigenvalue weighted by molar-refractivity contribution is 0.122. The number of anilines is 2. The number of morpholine rings is 1. The van der Waals surface area contributed by atoms with Gasteiger partial charge in [0.25, 0.3) is 0 Å². The van der Waals surface area contributed by atoms with E-state index in [0.717, 1.165) is 105 Å². The molecule has 0 amide bonds. The molecule has 180 valence electrons. The van der Waals surface area contributed by atoms with Gasteiger partial charge in [-0.15, -0.1) is 0 Å². The Morgan fingerprint density at radius 2 is 1.82 bits per heavy atom. The van der Waals surface area contributed by atoms with E-state index in [2.05, 4.69) is 44.2 Å². The van der Waals surface area contributed by atoms with Crippen molar-refractivity contribution in [2.24, 2.45) is 0 Å². The smallest absolute Gasteiger partial charge is 0.149 e. The second-order valence-electron chi connectivity index (χ2n) is 9.26. The zero-order chi connectivity index (χ0) is 23.3. The number of benzene rings is 1. The number of aryl methyl sites for hydroxylation is 2. The predicted octanol–water partition coefficient (Wildman–Crippen LogP) is 4.32. The predicted molar refractivity (Wildman–Crippen MR) is 134 cm³/mol. The molecule has 2 aliphatic rings.